The number of halogens is 1. The molecule has 2 aromatic rings. The molecule has 2 heterocycles. The van der Waals surface area contributed by atoms with Crippen LogP contribution in [0.2, 0.25) is 0 Å². The highest BCUT2D eigenvalue weighted by molar-refractivity contribution is 6.04. The molecule has 1 aliphatic heterocycles. The van der Waals surface area contributed by atoms with Crippen LogP contribution in [-0.2, 0) is 0 Å². The third-order valence-corrected chi connectivity index (χ3v) is 3.94. The van der Waals surface area contributed by atoms with Crippen molar-refractivity contribution >= 4 is 29.8 Å². The van der Waals surface area contributed by atoms with E-state index in [1.165, 1.54) is 12.8 Å². The number of rotatable bonds is 6. The zero-order chi connectivity index (χ0) is 16.8. The number of carbonyl (C=O) groups excluding carboxylic acids is 1. The molecule has 1 fully saturated rings. The van der Waals surface area contributed by atoms with E-state index >= 15 is 0 Å². The molecule has 1 amide bonds. The number of nitrogens with one attached hydrogen (secondary N) is 1. The summed E-state index contributed by atoms with van der Waals surface area (Å²) in [6, 6.07) is 10.9. The van der Waals surface area contributed by atoms with Gasteiger partial charge in [-0.1, -0.05) is 0 Å². The van der Waals surface area contributed by atoms with Crippen LogP contribution >= 0.6 is 12.4 Å². The molecule has 0 saturated carbocycles. The minimum atomic E-state index is -0.175. The molecule has 25 heavy (non-hydrogen) atoms. The zero-order valence-electron chi connectivity index (χ0n) is 14.0. The Bertz CT molecular complexity index is 670. The summed E-state index contributed by atoms with van der Waals surface area (Å²) in [5.41, 5.74) is 6.65. The normalized spacial score (nSPS) is 13.2. The fourth-order valence-electron chi connectivity index (χ4n) is 2.67. The molecule has 0 spiro atoms. The van der Waals surface area contributed by atoms with Crippen molar-refractivity contribution in [2.24, 2.45) is 5.73 Å². The molecule has 0 unspecified atom stereocenters. The smallest absolute Gasteiger partial charge is 0.257 e. The summed E-state index contributed by atoms with van der Waals surface area (Å²) in [6.45, 7) is 3.02. The van der Waals surface area contributed by atoms with Gasteiger partial charge in [0.2, 0.25) is 0 Å². The third-order valence-electron chi connectivity index (χ3n) is 3.94. The van der Waals surface area contributed by atoms with Gasteiger partial charge in [-0.3, -0.25) is 4.79 Å². The van der Waals surface area contributed by atoms with E-state index in [0.29, 0.717) is 24.4 Å². The van der Waals surface area contributed by atoms with E-state index in [9.17, 15) is 4.79 Å². The number of hydrogen-bond acceptors (Lipinski definition) is 5. The van der Waals surface area contributed by atoms with Crippen LogP contribution in [0.5, 0.6) is 5.75 Å². The quantitative estimate of drug-likeness (QED) is 0.825. The fraction of sp³-hybridized carbons (Fsp3) is 0.333. The van der Waals surface area contributed by atoms with Gasteiger partial charge in [-0.25, -0.2) is 4.98 Å². The van der Waals surface area contributed by atoms with Crippen LogP contribution in [0.4, 0.5) is 11.5 Å². The number of carbonyl (C=O) groups is 1. The molecule has 3 N–H and O–H groups in total. The number of benzene rings is 1. The van der Waals surface area contributed by atoms with Crippen LogP contribution < -0.4 is 20.7 Å². The lowest BCUT2D eigenvalue weighted by atomic mass is 10.2. The summed E-state index contributed by atoms with van der Waals surface area (Å²) >= 11 is 0. The van der Waals surface area contributed by atoms with Crippen molar-refractivity contribution in [3.63, 3.8) is 0 Å². The number of ether oxygens (including phenoxy) is 1. The predicted octanol–water partition coefficient (Wildman–Crippen LogP) is 2.69. The first-order chi connectivity index (χ1) is 11.8. The van der Waals surface area contributed by atoms with E-state index in [4.69, 9.17) is 10.5 Å². The fourth-order valence-corrected chi connectivity index (χ4v) is 2.67. The van der Waals surface area contributed by atoms with E-state index in [2.05, 4.69) is 15.2 Å². The van der Waals surface area contributed by atoms with E-state index in [1.807, 2.05) is 12.1 Å². The Hall–Kier alpha value is -2.31. The highest BCUT2D eigenvalue weighted by atomic mass is 35.5. The molecule has 0 radical (unpaired) electrons. The summed E-state index contributed by atoms with van der Waals surface area (Å²) in [7, 11) is 0. The Balaban J connectivity index is 0.00000225. The van der Waals surface area contributed by atoms with Gasteiger partial charge in [0, 0.05) is 31.5 Å². The second-order valence-electron chi connectivity index (χ2n) is 5.71. The molecule has 134 valence electrons. The van der Waals surface area contributed by atoms with E-state index in [0.717, 1.165) is 24.7 Å². The Morgan fingerprint density at radius 2 is 1.88 bits per heavy atom. The van der Waals surface area contributed by atoms with Gasteiger partial charge in [-0.2, -0.15) is 0 Å². The third kappa shape index (κ3) is 5.08. The molecular weight excluding hydrogens is 340 g/mol. The van der Waals surface area contributed by atoms with Gasteiger partial charge in [-0.15, -0.1) is 12.4 Å². The standard InChI is InChI=1S/C18H22N4O2.ClH/c19-9-12-24-16-6-4-15(5-7-16)21-18(23)14-3-8-17(20-13-14)22-10-1-2-11-22;/h3-8,13H,1-2,9-12,19H2,(H,21,23);1H. The number of nitrogens with two attached hydrogens (primary N) is 1. The molecule has 0 aliphatic carbocycles. The molecular formula is C18H23ClN4O2. The first-order valence-electron chi connectivity index (χ1n) is 8.21. The van der Waals surface area contributed by atoms with Crippen LogP contribution in [0.3, 0.4) is 0 Å². The number of anilines is 2. The molecule has 1 aromatic heterocycles. The lowest BCUT2D eigenvalue weighted by Gasteiger charge is -2.16. The molecule has 1 aliphatic rings. The molecule has 1 saturated heterocycles. The number of aromatic nitrogens is 1. The van der Waals surface area contributed by atoms with Gasteiger partial charge in [0.05, 0.1) is 5.56 Å². The lowest BCUT2D eigenvalue weighted by Crippen LogP contribution is -2.19. The maximum Gasteiger partial charge on any atom is 0.257 e. The molecule has 6 nitrogen and oxygen atoms in total. The topological polar surface area (TPSA) is 80.5 Å². The monoisotopic (exact) mass is 362 g/mol. The van der Waals surface area contributed by atoms with Gasteiger partial charge < -0.3 is 20.7 Å². The van der Waals surface area contributed by atoms with Crippen LogP contribution in [-0.4, -0.2) is 37.1 Å². The summed E-state index contributed by atoms with van der Waals surface area (Å²) < 4.78 is 5.41. The highest BCUT2D eigenvalue weighted by Gasteiger charge is 2.14. The SMILES string of the molecule is Cl.NCCOc1ccc(NC(=O)c2ccc(N3CCCC3)nc2)cc1. The van der Waals surface area contributed by atoms with Gasteiger partial charge in [0.15, 0.2) is 0 Å². The number of pyridine rings is 1. The largest absolute Gasteiger partial charge is 0.492 e. The first-order valence-corrected chi connectivity index (χ1v) is 8.21. The Labute approximate surface area is 153 Å². The minimum Gasteiger partial charge on any atom is -0.492 e. The second-order valence-corrected chi connectivity index (χ2v) is 5.71. The average Bonchev–Trinajstić information content (AvgIpc) is 3.16. The minimum absolute atomic E-state index is 0. The number of nitrogens with zero attached hydrogens (tertiary/aromatic N) is 2. The van der Waals surface area contributed by atoms with Gasteiger partial charge in [0.25, 0.3) is 5.91 Å². The van der Waals surface area contributed by atoms with Crippen molar-refractivity contribution in [1.82, 2.24) is 4.98 Å². The summed E-state index contributed by atoms with van der Waals surface area (Å²) in [4.78, 5) is 18.9. The number of hydrogen-bond donors (Lipinski definition) is 2. The van der Waals surface area contributed by atoms with Crippen molar-refractivity contribution < 1.29 is 9.53 Å². The molecule has 0 bridgehead atoms. The maximum atomic E-state index is 12.3. The molecule has 0 atom stereocenters. The van der Waals surface area contributed by atoms with E-state index in [-0.39, 0.29) is 18.3 Å². The predicted molar refractivity (Wildman–Crippen MR) is 102 cm³/mol. The van der Waals surface area contributed by atoms with Crippen LogP contribution in [0.25, 0.3) is 0 Å². The van der Waals surface area contributed by atoms with Crippen molar-refractivity contribution in [3.05, 3.63) is 48.2 Å². The van der Waals surface area contributed by atoms with Crippen molar-refractivity contribution in [2.45, 2.75) is 12.8 Å². The van der Waals surface area contributed by atoms with Gasteiger partial charge in [0.1, 0.15) is 18.2 Å². The number of amides is 1. The van der Waals surface area contributed by atoms with Crippen LogP contribution in [0, 0.1) is 0 Å². The molecule has 3 rings (SSSR count). The molecule has 7 heteroatoms. The Morgan fingerprint density at radius 1 is 1.16 bits per heavy atom. The average molecular weight is 363 g/mol. The van der Waals surface area contributed by atoms with E-state index in [1.54, 1.807) is 30.5 Å². The maximum absolute atomic E-state index is 12.3. The van der Waals surface area contributed by atoms with Gasteiger partial charge in [-0.05, 0) is 49.2 Å². The summed E-state index contributed by atoms with van der Waals surface area (Å²) in [5, 5.41) is 2.86. The lowest BCUT2D eigenvalue weighted by molar-refractivity contribution is 0.102. The highest BCUT2D eigenvalue weighted by Crippen LogP contribution is 2.19. The van der Waals surface area contributed by atoms with Crippen LogP contribution in [0.1, 0.15) is 23.2 Å². The van der Waals surface area contributed by atoms with Crippen LogP contribution in [0.15, 0.2) is 42.6 Å². The van der Waals surface area contributed by atoms with Gasteiger partial charge >= 0.3 is 0 Å². The second kappa shape index (κ2) is 9.25. The zero-order valence-corrected chi connectivity index (χ0v) is 14.8. The molecule has 1 aromatic carbocycles. The Morgan fingerprint density at radius 3 is 2.48 bits per heavy atom. The first kappa shape index (κ1) is 19.0. The Kier molecular flexibility index (Phi) is 7.03. The van der Waals surface area contributed by atoms with Crippen molar-refractivity contribution in [2.75, 3.05) is 36.5 Å². The summed E-state index contributed by atoms with van der Waals surface area (Å²) in [5.74, 6) is 1.49. The van der Waals surface area contributed by atoms with E-state index < -0.39 is 0 Å². The van der Waals surface area contributed by atoms with Crippen molar-refractivity contribution in [1.29, 1.82) is 0 Å². The summed E-state index contributed by atoms with van der Waals surface area (Å²) in [6.07, 6.45) is 4.03. The van der Waals surface area contributed by atoms with Crippen molar-refractivity contribution in [3.8, 4) is 5.75 Å².